The summed E-state index contributed by atoms with van der Waals surface area (Å²) in [6, 6.07) is 12.3. The Morgan fingerprint density at radius 3 is 2.21 bits per heavy atom. The number of amides is 1. The average molecular weight is 485 g/mol. The van der Waals surface area contributed by atoms with Crippen molar-refractivity contribution in [2.24, 2.45) is 0 Å². The molecule has 0 atom stereocenters. The van der Waals surface area contributed by atoms with Crippen LogP contribution in [0.1, 0.15) is 42.6 Å². The number of hydrogen-bond donors (Lipinski definition) is 1. The van der Waals surface area contributed by atoms with Gasteiger partial charge in [-0.2, -0.15) is 9.40 Å². The van der Waals surface area contributed by atoms with Crippen LogP contribution in [0.2, 0.25) is 0 Å². The third kappa shape index (κ3) is 5.20. The van der Waals surface area contributed by atoms with Crippen molar-refractivity contribution >= 4 is 21.6 Å². The molecule has 1 aliphatic rings. The van der Waals surface area contributed by atoms with E-state index in [1.54, 1.807) is 45.4 Å². The predicted octanol–water partition coefficient (Wildman–Crippen LogP) is 4.37. The zero-order valence-corrected chi connectivity index (χ0v) is 20.2. The van der Waals surface area contributed by atoms with Gasteiger partial charge >= 0.3 is 0 Å². The Morgan fingerprint density at radius 2 is 1.59 bits per heavy atom. The molecule has 4 rings (SSSR count). The van der Waals surface area contributed by atoms with E-state index < -0.39 is 10.0 Å². The number of nitrogens with one attached hydrogen (secondary N) is 1. The molecule has 2 aromatic carbocycles. The second-order valence-corrected chi connectivity index (χ2v) is 10.5. The summed E-state index contributed by atoms with van der Waals surface area (Å²) in [5.41, 5.74) is 3.56. The van der Waals surface area contributed by atoms with E-state index in [0.717, 1.165) is 48.3 Å². The second-order valence-electron chi connectivity index (χ2n) is 8.61. The molecule has 34 heavy (non-hydrogen) atoms. The first-order valence-corrected chi connectivity index (χ1v) is 12.9. The van der Waals surface area contributed by atoms with Crippen LogP contribution in [0.5, 0.6) is 0 Å². The number of benzene rings is 2. The summed E-state index contributed by atoms with van der Waals surface area (Å²) in [6.07, 6.45) is 3.98. The minimum atomic E-state index is -3.53. The summed E-state index contributed by atoms with van der Waals surface area (Å²) in [4.78, 5) is 13.0. The van der Waals surface area contributed by atoms with Crippen LogP contribution < -0.4 is 5.32 Å². The number of sulfonamides is 1. The Balaban J connectivity index is 1.44. The molecular weight excluding hydrogens is 455 g/mol. The van der Waals surface area contributed by atoms with Gasteiger partial charge in [0.25, 0.3) is 0 Å². The van der Waals surface area contributed by atoms with Gasteiger partial charge in [0, 0.05) is 30.0 Å². The van der Waals surface area contributed by atoms with E-state index in [4.69, 9.17) is 0 Å². The van der Waals surface area contributed by atoms with E-state index in [9.17, 15) is 17.6 Å². The largest absolute Gasteiger partial charge is 0.326 e. The zero-order chi connectivity index (χ0) is 24.3. The third-order valence-electron chi connectivity index (χ3n) is 6.19. The number of halogens is 1. The molecule has 0 bridgehead atoms. The van der Waals surface area contributed by atoms with Crippen LogP contribution in [0.15, 0.2) is 53.4 Å². The van der Waals surface area contributed by atoms with Gasteiger partial charge in [-0.1, -0.05) is 12.8 Å². The number of rotatable bonds is 6. The predicted molar refractivity (Wildman–Crippen MR) is 129 cm³/mol. The Labute approximate surface area is 199 Å². The Hall–Kier alpha value is -3.04. The number of carbonyl (C=O) groups excluding carboxylic acids is 1. The van der Waals surface area contributed by atoms with Crippen LogP contribution in [0.25, 0.3) is 5.69 Å². The summed E-state index contributed by atoms with van der Waals surface area (Å²) >= 11 is 0. The number of anilines is 1. The first kappa shape index (κ1) is 24.1. The van der Waals surface area contributed by atoms with E-state index in [0.29, 0.717) is 18.8 Å². The summed E-state index contributed by atoms with van der Waals surface area (Å²) < 4.78 is 42.4. The van der Waals surface area contributed by atoms with Gasteiger partial charge in [-0.05, 0) is 75.2 Å². The third-order valence-corrected chi connectivity index (χ3v) is 8.10. The zero-order valence-electron chi connectivity index (χ0n) is 19.4. The van der Waals surface area contributed by atoms with Gasteiger partial charge in [0.05, 0.1) is 22.7 Å². The molecule has 0 radical (unpaired) electrons. The van der Waals surface area contributed by atoms with Crippen molar-refractivity contribution in [3.8, 4) is 5.69 Å². The number of aromatic nitrogens is 2. The molecule has 1 aromatic heterocycles. The minimum Gasteiger partial charge on any atom is -0.326 e. The van der Waals surface area contributed by atoms with Crippen LogP contribution >= 0.6 is 0 Å². The Kier molecular flexibility index (Phi) is 7.13. The Bertz CT molecular complexity index is 1260. The number of carbonyl (C=O) groups is 1. The van der Waals surface area contributed by atoms with Crippen molar-refractivity contribution in [3.05, 3.63) is 71.3 Å². The highest BCUT2D eigenvalue weighted by molar-refractivity contribution is 7.89. The maximum Gasteiger partial charge on any atom is 0.243 e. The quantitative estimate of drug-likeness (QED) is 0.563. The van der Waals surface area contributed by atoms with Crippen molar-refractivity contribution < 1.29 is 17.6 Å². The van der Waals surface area contributed by atoms with Crippen molar-refractivity contribution in [1.82, 2.24) is 14.1 Å². The smallest absolute Gasteiger partial charge is 0.243 e. The van der Waals surface area contributed by atoms with Gasteiger partial charge < -0.3 is 5.32 Å². The highest BCUT2D eigenvalue weighted by atomic mass is 32.2. The fraction of sp³-hybridized carbons (Fsp3) is 0.360. The lowest BCUT2D eigenvalue weighted by Crippen LogP contribution is -2.31. The molecule has 0 spiro atoms. The standard InChI is InChI=1S/C25H29FN4O3S/c1-18-24(19(2)30(28-18)22-11-7-20(26)8-12-22)17-25(31)27-21-9-13-23(14-10-21)34(32,33)29-15-5-3-4-6-16-29/h7-14H,3-6,15-17H2,1-2H3,(H,27,31). The van der Waals surface area contributed by atoms with Crippen LogP contribution in [0.4, 0.5) is 10.1 Å². The fourth-order valence-electron chi connectivity index (χ4n) is 4.27. The first-order valence-electron chi connectivity index (χ1n) is 11.5. The van der Waals surface area contributed by atoms with Gasteiger partial charge in [0.2, 0.25) is 15.9 Å². The van der Waals surface area contributed by atoms with E-state index in [1.165, 1.54) is 12.1 Å². The normalized spacial score (nSPS) is 15.1. The van der Waals surface area contributed by atoms with Crippen LogP contribution in [-0.2, 0) is 21.2 Å². The minimum absolute atomic E-state index is 0.118. The van der Waals surface area contributed by atoms with E-state index in [-0.39, 0.29) is 23.0 Å². The molecule has 1 fully saturated rings. The molecule has 180 valence electrons. The lowest BCUT2D eigenvalue weighted by atomic mass is 10.1. The van der Waals surface area contributed by atoms with Gasteiger partial charge in [0.1, 0.15) is 5.82 Å². The highest BCUT2D eigenvalue weighted by Crippen LogP contribution is 2.23. The van der Waals surface area contributed by atoms with Gasteiger partial charge in [-0.15, -0.1) is 0 Å². The molecule has 1 aliphatic heterocycles. The number of hydrogen-bond acceptors (Lipinski definition) is 4. The van der Waals surface area contributed by atoms with Gasteiger partial charge in [-0.3, -0.25) is 4.79 Å². The average Bonchev–Trinajstić information content (AvgIpc) is 3.01. The van der Waals surface area contributed by atoms with E-state index in [2.05, 4.69) is 10.4 Å². The molecule has 0 saturated carbocycles. The van der Waals surface area contributed by atoms with Gasteiger partial charge in [0.15, 0.2) is 0 Å². The molecule has 2 heterocycles. The maximum atomic E-state index is 13.2. The molecule has 3 aromatic rings. The molecular formula is C25H29FN4O3S. The van der Waals surface area contributed by atoms with Crippen molar-refractivity contribution in [3.63, 3.8) is 0 Å². The summed E-state index contributed by atoms with van der Waals surface area (Å²) in [5.74, 6) is -0.553. The SMILES string of the molecule is Cc1nn(-c2ccc(F)cc2)c(C)c1CC(=O)Nc1ccc(S(=O)(=O)N2CCCCCC2)cc1. The van der Waals surface area contributed by atoms with Crippen molar-refractivity contribution in [2.45, 2.75) is 50.8 Å². The fourth-order valence-corrected chi connectivity index (χ4v) is 5.79. The summed E-state index contributed by atoms with van der Waals surface area (Å²) in [6.45, 7) is 4.79. The van der Waals surface area contributed by atoms with Crippen LogP contribution in [0.3, 0.4) is 0 Å². The monoisotopic (exact) mass is 484 g/mol. The topological polar surface area (TPSA) is 84.3 Å². The molecule has 1 N–H and O–H groups in total. The second kappa shape index (κ2) is 10.1. The van der Waals surface area contributed by atoms with E-state index in [1.807, 2.05) is 13.8 Å². The van der Waals surface area contributed by atoms with E-state index >= 15 is 0 Å². The summed E-state index contributed by atoms with van der Waals surface area (Å²) in [5, 5.41) is 7.34. The number of aryl methyl sites for hydroxylation is 1. The summed E-state index contributed by atoms with van der Waals surface area (Å²) in [7, 11) is -3.53. The molecule has 1 saturated heterocycles. The van der Waals surface area contributed by atoms with Crippen molar-refractivity contribution in [2.75, 3.05) is 18.4 Å². The highest BCUT2D eigenvalue weighted by Gasteiger charge is 2.25. The molecule has 0 aliphatic carbocycles. The molecule has 7 nitrogen and oxygen atoms in total. The van der Waals surface area contributed by atoms with Crippen molar-refractivity contribution in [1.29, 1.82) is 0 Å². The lowest BCUT2D eigenvalue weighted by molar-refractivity contribution is -0.115. The lowest BCUT2D eigenvalue weighted by Gasteiger charge is -2.20. The molecule has 9 heteroatoms. The van der Waals surface area contributed by atoms with Crippen LogP contribution in [0, 0.1) is 19.7 Å². The molecule has 0 unspecified atom stereocenters. The Morgan fingerprint density at radius 1 is 0.971 bits per heavy atom. The van der Waals surface area contributed by atoms with Crippen LogP contribution in [-0.4, -0.2) is 41.5 Å². The maximum absolute atomic E-state index is 13.2. The molecule has 1 amide bonds. The first-order chi connectivity index (χ1) is 16.3. The number of nitrogens with zero attached hydrogens (tertiary/aromatic N) is 3. The van der Waals surface area contributed by atoms with Gasteiger partial charge in [-0.25, -0.2) is 17.5 Å².